The SMILES string of the molecule is CCN1CCOC1=C1C(=O)CC(c2cccs2)CC1=O. The molecule has 2 heterocycles. The summed E-state index contributed by atoms with van der Waals surface area (Å²) >= 11 is 1.61. The van der Waals surface area contributed by atoms with Gasteiger partial charge in [0.2, 0.25) is 5.88 Å². The molecule has 1 aliphatic carbocycles. The van der Waals surface area contributed by atoms with Gasteiger partial charge in [-0.05, 0) is 18.4 Å². The highest BCUT2D eigenvalue weighted by atomic mass is 32.1. The molecule has 1 saturated carbocycles. The van der Waals surface area contributed by atoms with Gasteiger partial charge in [-0.2, -0.15) is 0 Å². The molecule has 0 N–H and O–H groups in total. The molecule has 20 heavy (non-hydrogen) atoms. The van der Waals surface area contributed by atoms with Gasteiger partial charge in [0.25, 0.3) is 0 Å². The van der Waals surface area contributed by atoms with Gasteiger partial charge in [0.15, 0.2) is 11.6 Å². The van der Waals surface area contributed by atoms with Crippen molar-refractivity contribution < 1.29 is 14.3 Å². The van der Waals surface area contributed by atoms with Crippen LogP contribution in [0.1, 0.15) is 30.6 Å². The first-order chi connectivity index (χ1) is 9.70. The van der Waals surface area contributed by atoms with Gasteiger partial charge in [0.1, 0.15) is 12.2 Å². The van der Waals surface area contributed by atoms with E-state index in [0.717, 1.165) is 18.0 Å². The summed E-state index contributed by atoms with van der Waals surface area (Å²) in [5.74, 6) is 0.396. The number of carbonyl (C=O) groups is 2. The van der Waals surface area contributed by atoms with Crippen LogP contribution in [0.4, 0.5) is 0 Å². The van der Waals surface area contributed by atoms with Crippen LogP contribution in [-0.2, 0) is 14.3 Å². The van der Waals surface area contributed by atoms with E-state index in [-0.39, 0.29) is 23.1 Å². The molecule has 0 unspecified atom stereocenters. The van der Waals surface area contributed by atoms with Crippen LogP contribution in [0.25, 0.3) is 0 Å². The summed E-state index contributed by atoms with van der Waals surface area (Å²) in [6.07, 6.45) is 0.817. The fourth-order valence-electron chi connectivity index (χ4n) is 2.82. The second-order valence-electron chi connectivity index (χ2n) is 5.08. The molecule has 3 rings (SSSR count). The second kappa shape index (κ2) is 5.40. The quantitative estimate of drug-likeness (QED) is 0.620. The first kappa shape index (κ1) is 13.4. The third kappa shape index (κ3) is 2.26. The van der Waals surface area contributed by atoms with Crippen LogP contribution in [0, 0.1) is 0 Å². The van der Waals surface area contributed by atoms with Crippen LogP contribution >= 0.6 is 11.3 Å². The number of Topliss-reactive ketones (excluding diaryl/α,β-unsaturated/α-hetero) is 2. The van der Waals surface area contributed by atoms with E-state index in [4.69, 9.17) is 4.74 Å². The highest BCUT2D eigenvalue weighted by Crippen LogP contribution is 2.36. The maximum Gasteiger partial charge on any atom is 0.204 e. The van der Waals surface area contributed by atoms with Crippen LogP contribution < -0.4 is 0 Å². The molecule has 106 valence electrons. The van der Waals surface area contributed by atoms with Crippen molar-refractivity contribution in [2.45, 2.75) is 25.7 Å². The first-order valence-electron chi connectivity index (χ1n) is 6.92. The molecule has 1 aromatic rings. The lowest BCUT2D eigenvalue weighted by Gasteiger charge is -2.24. The number of ketones is 2. The van der Waals surface area contributed by atoms with Crippen molar-refractivity contribution in [1.82, 2.24) is 4.90 Å². The molecular formula is C15H17NO3S. The van der Waals surface area contributed by atoms with Gasteiger partial charge in [0.05, 0.1) is 6.54 Å². The zero-order valence-corrected chi connectivity index (χ0v) is 12.2. The first-order valence-corrected chi connectivity index (χ1v) is 7.80. The Morgan fingerprint density at radius 1 is 1.35 bits per heavy atom. The maximum absolute atomic E-state index is 12.4. The minimum absolute atomic E-state index is 0.0378. The normalized spacial score (nSPS) is 23.4. The minimum atomic E-state index is -0.0741. The maximum atomic E-state index is 12.4. The van der Waals surface area contributed by atoms with Crippen LogP contribution in [0.2, 0.25) is 0 Å². The van der Waals surface area contributed by atoms with E-state index < -0.39 is 0 Å². The second-order valence-corrected chi connectivity index (χ2v) is 6.05. The molecule has 4 nitrogen and oxygen atoms in total. The lowest BCUT2D eigenvalue weighted by molar-refractivity contribution is -0.124. The Kier molecular flexibility index (Phi) is 3.61. The number of hydrogen-bond donors (Lipinski definition) is 0. The fraction of sp³-hybridized carbons (Fsp3) is 0.467. The summed E-state index contributed by atoms with van der Waals surface area (Å²) in [7, 11) is 0. The van der Waals surface area contributed by atoms with Crippen molar-refractivity contribution >= 4 is 22.9 Å². The number of nitrogens with zero attached hydrogens (tertiary/aromatic N) is 1. The Balaban J connectivity index is 1.88. The predicted octanol–water partition coefficient (Wildman–Crippen LogP) is 2.33. The zero-order valence-electron chi connectivity index (χ0n) is 11.4. The molecule has 0 atom stereocenters. The van der Waals surface area contributed by atoms with E-state index in [1.54, 1.807) is 11.3 Å². The summed E-state index contributed by atoms with van der Waals surface area (Å²) in [5.41, 5.74) is 0.289. The number of thiophene rings is 1. The molecule has 2 fully saturated rings. The van der Waals surface area contributed by atoms with E-state index in [9.17, 15) is 9.59 Å². The lowest BCUT2D eigenvalue weighted by atomic mass is 9.83. The Morgan fingerprint density at radius 3 is 2.70 bits per heavy atom. The fourth-order valence-corrected chi connectivity index (χ4v) is 3.65. The van der Waals surface area contributed by atoms with Gasteiger partial charge >= 0.3 is 0 Å². The average molecular weight is 291 g/mol. The third-order valence-corrected chi connectivity index (χ3v) is 4.88. The van der Waals surface area contributed by atoms with Gasteiger partial charge in [-0.1, -0.05) is 6.07 Å². The molecule has 1 aromatic heterocycles. The standard InChI is InChI=1S/C15H17NO3S/c1-2-16-5-6-19-15(16)14-11(17)8-10(9-12(14)18)13-4-3-7-20-13/h3-4,7,10H,2,5-6,8-9H2,1H3. The van der Waals surface area contributed by atoms with E-state index in [0.29, 0.717) is 25.3 Å². The summed E-state index contributed by atoms with van der Waals surface area (Å²) in [4.78, 5) is 27.8. The number of ether oxygens (including phenoxy) is 1. The number of allylic oxidation sites excluding steroid dienone is 1. The number of rotatable bonds is 2. The topological polar surface area (TPSA) is 46.6 Å². The molecule has 0 radical (unpaired) electrons. The van der Waals surface area contributed by atoms with Gasteiger partial charge < -0.3 is 9.64 Å². The van der Waals surface area contributed by atoms with E-state index in [1.165, 1.54) is 0 Å². The number of hydrogen-bond acceptors (Lipinski definition) is 5. The van der Waals surface area contributed by atoms with E-state index in [2.05, 4.69) is 0 Å². The molecular weight excluding hydrogens is 274 g/mol. The zero-order chi connectivity index (χ0) is 14.1. The molecule has 2 aliphatic rings. The van der Waals surface area contributed by atoms with E-state index in [1.807, 2.05) is 29.3 Å². The van der Waals surface area contributed by atoms with Crippen LogP contribution in [-0.4, -0.2) is 36.2 Å². The third-order valence-electron chi connectivity index (χ3n) is 3.85. The molecule has 0 bridgehead atoms. The largest absolute Gasteiger partial charge is 0.477 e. The van der Waals surface area contributed by atoms with Gasteiger partial charge in [0, 0.05) is 30.2 Å². The van der Waals surface area contributed by atoms with E-state index >= 15 is 0 Å². The van der Waals surface area contributed by atoms with Crippen LogP contribution in [0.3, 0.4) is 0 Å². The Labute approximate surface area is 122 Å². The average Bonchev–Trinajstić information content (AvgIpc) is 3.09. The highest BCUT2D eigenvalue weighted by molar-refractivity contribution is 7.10. The smallest absolute Gasteiger partial charge is 0.204 e. The molecule has 0 amide bonds. The Morgan fingerprint density at radius 2 is 2.10 bits per heavy atom. The monoisotopic (exact) mass is 291 g/mol. The van der Waals surface area contributed by atoms with Crippen molar-refractivity contribution in [2.75, 3.05) is 19.7 Å². The van der Waals surface area contributed by atoms with Gasteiger partial charge in [-0.15, -0.1) is 11.3 Å². The molecule has 1 saturated heterocycles. The summed E-state index contributed by atoms with van der Waals surface area (Å²) in [6, 6.07) is 3.96. The van der Waals surface area contributed by atoms with Crippen LogP contribution in [0.5, 0.6) is 0 Å². The summed E-state index contributed by atoms with van der Waals surface area (Å²) < 4.78 is 5.53. The Hall–Kier alpha value is -1.62. The summed E-state index contributed by atoms with van der Waals surface area (Å²) in [5, 5.41) is 1.98. The van der Waals surface area contributed by atoms with Crippen LogP contribution in [0.15, 0.2) is 29.0 Å². The lowest BCUT2D eigenvalue weighted by Crippen LogP contribution is -2.29. The van der Waals surface area contributed by atoms with Crippen molar-refractivity contribution in [3.8, 4) is 0 Å². The van der Waals surface area contributed by atoms with Gasteiger partial charge in [-0.25, -0.2) is 0 Å². The molecule has 0 aromatic carbocycles. The summed E-state index contributed by atoms with van der Waals surface area (Å²) in [6.45, 7) is 4.07. The van der Waals surface area contributed by atoms with Crippen molar-refractivity contribution in [3.63, 3.8) is 0 Å². The molecule has 5 heteroatoms. The van der Waals surface area contributed by atoms with Crippen molar-refractivity contribution in [1.29, 1.82) is 0 Å². The minimum Gasteiger partial charge on any atom is -0.477 e. The molecule has 0 spiro atoms. The number of likely N-dealkylation sites (N-methyl/N-ethyl adjacent to an activating group) is 1. The highest BCUT2D eigenvalue weighted by Gasteiger charge is 2.37. The number of carbonyl (C=O) groups excluding carboxylic acids is 2. The van der Waals surface area contributed by atoms with Gasteiger partial charge in [-0.3, -0.25) is 9.59 Å². The van der Waals surface area contributed by atoms with Crippen molar-refractivity contribution in [2.24, 2.45) is 0 Å². The molecule has 1 aliphatic heterocycles. The Bertz CT molecular complexity index is 542. The van der Waals surface area contributed by atoms with Crippen molar-refractivity contribution in [3.05, 3.63) is 33.8 Å². The predicted molar refractivity (Wildman–Crippen MR) is 76.5 cm³/mol.